The normalized spacial score (nSPS) is 9.56. The maximum atomic E-state index is 11.0. The standard InChI is InChI=1S/C10H12N2O3S/c1-2-15-8-4-3-6(12-10(11)16)5-7(8)9(13)14/h3-5H,2H2,1H3,(H,13,14)(H3,11,12,16). The highest BCUT2D eigenvalue weighted by Crippen LogP contribution is 2.22. The Morgan fingerprint density at radius 1 is 1.62 bits per heavy atom. The van der Waals surface area contributed by atoms with Crippen molar-refractivity contribution in [1.82, 2.24) is 0 Å². The van der Waals surface area contributed by atoms with Crippen LogP contribution < -0.4 is 15.8 Å². The third kappa shape index (κ3) is 3.09. The van der Waals surface area contributed by atoms with Crippen molar-refractivity contribution in [2.45, 2.75) is 6.92 Å². The first kappa shape index (κ1) is 12.3. The number of carboxylic acid groups (broad SMARTS) is 1. The second-order valence-electron chi connectivity index (χ2n) is 2.94. The molecule has 0 amide bonds. The van der Waals surface area contributed by atoms with E-state index in [4.69, 9.17) is 15.6 Å². The molecule has 4 N–H and O–H groups in total. The summed E-state index contributed by atoms with van der Waals surface area (Å²) in [5, 5.41) is 11.7. The Bertz CT molecular complexity index is 421. The van der Waals surface area contributed by atoms with Gasteiger partial charge in [-0.3, -0.25) is 0 Å². The van der Waals surface area contributed by atoms with E-state index in [1.54, 1.807) is 19.1 Å². The van der Waals surface area contributed by atoms with Gasteiger partial charge in [0.25, 0.3) is 0 Å². The van der Waals surface area contributed by atoms with E-state index in [2.05, 4.69) is 17.5 Å². The minimum absolute atomic E-state index is 0.0723. The van der Waals surface area contributed by atoms with Crippen molar-refractivity contribution >= 4 is 29.0 Å². The van der Waals surface area contributed by atoms with Crippen LogP contribution in [0.25, 0.3) is 0 Å². The minimum atomic E-state index is -1.06. The van der Waals surface area contributed by atoms with E-state index < -0.39 is 5.97 Å². The molecule has 0 spiro atoms. The summed E-state index contributed by atoms with van der Waals surface area (Å²) >= 11 is 4.66. The maximum absolute atomic E-state index is 11.0. The van der Waals surface area contributed by atoms with Crippen LogP contribution >= 0.6 is 12.2 Å². The Morgan fingerprint density at radius 3 is 2.81 bits per heavy atom. The molecule has 1 rings (SSSR count). The van der Waals surface area contributed by atoms with Crippen molar-refractivity contribution in [2.24, 2.45) is 5.73 Å². The van der Waals surface area contributed by atoms with Crippen LogP contribution in [0.15, 0.2) is 18.2 Å². The van der Waals surface area contributed by atoms with E-state index in [1.165, 1.54) is 6.07 Å². The Labute approximate surface area is 98.2 Å². The Balaban J connectivity index is 3.06. The summed E-state index contributed by atoms with van der Waals surface area (Å²) in [7, 11) is 0. The largest absolute Gasteiger partial charge is 0.493 e. The van der Waals surface area contributed by atoms with E-state index in [1.807, 2.05) is 0 Å². The van der Waals surface area contributed by atoms with Crippen molar-refractivity contribution in [3.63, 3.8) is 0 Å². The lowest BCUT2D eigenvalue weighted by atomic mass is 10.2. The number of benzene rings is 1. The van der Waals surface area contributed by atoms with Gasteiger partial charge in [0.15, 0.2) is 5.11 Å². The molecule has 0 bridgehead atoms. The summed E-state index contributed by atoms with van der Waals surface area (Å²) in [6, 6.07) is 4.64. The van der Waals surface area contributed by atoms with Crippen molar-refractivity contribution in [1.29, 1.82) is 0 Å². The van der Waals surface area contributed by atoms with Crippen molar-refractivity contribution in [2.75, 3.05) is 11.9 Å². The third-order valence-corrected chi connectivity index (χ3v) is 1.88. The zero-order valence-electron chi connectivity index (χ0n) is 8.69. The molecular weight excluding hydrogens is 228 g/mol. The van der Waals surface area contributed by atoms with E-state index in [-0.39, 0.29) is 10.7 Å². The number of hydrogen-bond acceptors (Lipinski definition) is 3. The molecule has 0 aromatic heterocycles. The van der Waals surface area contributed by atoms with Gasteiger partial charge in [-0.1, -0.05) is 0 Å². The van der Waals surface area contributed by atoms with Crippen LogP contribution in [0, 0.1) is 0 Å². The number of nitrogens with two attached hydrogens (primary N) is 1. The van der Waals surface area contributed by atoms with Gasteiger partial charge in [-0.15, -0.1) is 0 Å². The molecule has 0 fully saturated rings. The van der Waals surface area contributed by atoms with Crippen LogP contribution in [0.1, 0.15) is 17.3 Å². The van der Waals surface area contributed by atoms with Crippen LogP contribution in [0.4, 0.5) is 5.69 Å². The van der Waals surface area contributed by atoms with E-state index in [9.17, 15) is 4.79 Å². The monoisotopic (exact) mass is 240 g/mol. The molecule has 0 saturated heterocycles. The summed E-state index contributed by atoms with van der Waals surface area (Å²) in [6.07, 6.45) is 0. The molecular formula is C10H12N2O3S. The maximum Gasteiger partial charge on any atom is 0.339 e. The highest BCUT2D eigenvalue weighted by Gasteiger charge is 2.12. The summed E-state index contributed by atoms with van der Waals surface area (Å²) < 4.78 is 5.19. The Morgan fingerprint density at radius 2 is 2.31 bits per heavy atom. The zero-order chi connectivity index (χ0) is 12.1. The topological polar surface area (TPSA) is 84.6 Å². The molecule has 6 heteroatoms. The first-order valence-corrected chi connectivity index (χ1v) is 5.02. The minimum Gasteiger partial charge on any atom is -0.493 e. The van der Waals surface area contributed by atoms with Gasteiger partial charge in [-0.25, -0.2) is 4.79 Å². The lowest BCUT2D eigenvalue weighted by Gasteiger charge is -2.09. The quantitative estimate of drug-likeness (QED) is 0.690. The number of ether oxygens (including phenoxy) is 1. The zero-order valence-corrected chi connectivity index (χ0v) is 9.50. The van der Waals surface area contributed by atoms with Crippen LogP contribution in [0.5, 0.6) is 5.75 Å². The molecule has 0 heterocycles. The molecule has 0 atom stereocenters. The number of carboxylic acids is 1. The third-order valence-electron chi connectivity index (χ3n) is 1.78. The second kappa shape index (κ2) is 5.32. The van der Waals surface area contributed by atoms with Gasteiger partial charge in [0.05, 0.1) is 6.61 Å². The first-order valence-electron chi connectivity index (χ1n) is 4.61. The van der Waals surface area contributed by atoms with E-state index >= 15 is 0 Å². The predicted octanol–water partition coefficient (Wildman–Crippen LogP) is 1.44. The number of thiocarbonyl (C=S) groups is 1. The lowest BCUT2D eigenvalue weighted by molar-refractivity contribution is 0.0692. The fraction of sp³-hybridized carbons (Fsp3) is 0.200. The number of hydrogen-bond donors (Lipinski definition) is 3. The van der Waals surface area contributed by atoms with Crippen LogP contribution in [-0.2, 0) is 0 Å². The first-order chi connectivity index (χ1) is 7.54. The second-order valence-corrected chi connectivity index (χ2v) is 3.38. The molecule has 0 aliphatic rings. The molecule has 86 valence electrons. The summed E-state index contributed by atoms with van der Waals surface area (Å²) in [4.78, 5) is 11.0. The molecule has 1 aromatic carbocycles. The molecule has 5 nitrogen and oxygen atoms in total. The summed E-state index contributed by atoms with van der Waals surface area (Å²) in [6.45, 7) is 2.19. The van der Waals surface area contributed by atoms with E-state index in [0.717, 1.165) is 0 Å². The van der Waals surface area contributed by atoms with Crippen LogP contribution in [0.3, 0.4) is 0 Å². The van der Waals surface area contributed by atoms with Gasteiger partial charge >= 0.3 is 5.97 Å². The number of anilines is 1. The Kier molecular flexibility index (Phi) is 4.07. The molecule has 1 aromatic rings. The van der Waals surface area contributed by atoms with Gasteiger partial charge in [0.2, 0.25) is 0 Å². The predicted molar refractivity (Wildman–Crippen MR) is 65.0 cm³/mol. The SMILES string of the molecule is CCOc1ccc(NC(N)=S)cc1C(=O)O. The highest BCUT2D eigenvalue weighted by atomic mass is 32.1. The number of carbonyl (C=O) groups is 1. The molecule has 16 heavy (non-hydrogen) atoms. The van der Waals surface area contributed by atoms with Crippen molar-refractivity contribution in [3.8, 4) is 5.75 Å². The molecule has 0 saturated carbocycles. The van der Waals surface area contributed by atoms with Crippen molar-refractivity contribution < 1.29 is 14.6 Å². The van der Waals surface area contributed by atoms with E-state index in [0.29, 0.717) is 18.0 Å². The molecule has 0 radical (unpaired) electrons. The van der Waals surface area contributed by atoms with Crippen LogP contribution in [0.2, 0.25) is 0 Å². The fourth-order valence-corrected chi connectivity index (χ4v) is 1.32. The lowest BCUT2D eigenvalue weighted by Crippen LogP contribution is -2.19. The highest BCUT2D eigenvalue weighted by molar-refractivity contribution is 7.80. The summed E-state index contributed by atoms with van der Waals surface area (Å²) in [5.74, 6) is -0.737. The number of aromatic carboxylic acids is 1. The van der Waals surface area contributed by atoms with Gasteiger partial charge in [0, 0.05) is 5.69 Å². The van der Waals surface area contributed by atoms with Gasteiger partial charge in [-0.05, 0) is 37.3 Å². The number of rotatable bonds is 4. The molecule has 0 unspecified atom stereocenters. The van der Waals surface area contributed by atoms with Gasteiger partial charge in [0.1, 0.15) is 11.3 Å². The number of nitrogens with one attached hydrogen (secondary N) is 1. The van der Waals surface area contributed by atoms with Gasteiger partial charge < -0.3 is 20.9 Å². The average molecular weight is 240 g/mol. The molecule has 0 aliphatic heterocycles. The Hall–Kier alpha value is -1.82. The van der Waals surface area contributed by atoms with Gasteiger partial charge in [-0.2, -0.15) is 0 Å². The average Bonchev–Trinajstić information content (AvgIpc) is 2.19. The molecule has 0 aliphatic carbocycles. The smallest absolute Gasteiger partial charge is 0.339 e. The summed E-state index contributed by atoms with van der Waals surface area (Å²) in [5.41, 5.74) is 5.88. The van der Waals surface area contributed by atoms with Crippen LogP contribution in [-0.4, -0.2) is 22.8 Å². The fourth-order valence-electron chi connectivity index (χ4n) is 1.20. The van der Waals surface area contributed by atoms with Crippen molar-refractivity contribution in [3.05, 3.63) is 23.8 Å².